The maximum Gasteiger partial charge on any atom is 0.224 e. The number of hydrogen-bond donors (Lipinski definition) is 2. The van der Waals surface area contributed by atoms with Crippen molar-refractivity contribution < 1.29 is 4.79 Å². The molecule has 0 saturated carbocycles. The van der Waals surface area contributed by atoms with Gasteiger partial charge in [0.25, 0.3) is 0 Å². The van der Waals surface area contributed by atoms with Crippen LogP contribution in [0.5, 0.6) is 0 Å². The van der Waals surface area contributed by atoms with E-state index in [1.165, 1.54) is 6.42 Å². The Balaban J connectivity index is 1.85. The van der Waals surface area contributed by atoms with Crippen molar-refractivity contribution in [3.05, 3.63) is 23.2 Å². The average Bonchev–Trinajstić information content (AvgIpc) is 2.89. The molecule has 0 radical (unpaired) electrons. The monoisotopic (exact) mass is 295 g/mol. The Morgan fingerprint density at radius 3 is 2.90 bits per heavy atom. The predicted octanol–water partition coefficient (Wildman–Crippen LogP) is 2.73. The highest BCUT2D eigenvalue weighted by molar-refractivity contribution is 6.33. The molecule has 1 aromatic rings. The lowest BCUT2D eigenvalue weighted by atomic mass is 10.0. The number of halogens is 1. The quantitative estimate of drug-likeness (QED) is 0.878. The standard InChI is InChI=1S/C15H22ClN3O/c1-19(2)14-5-4-12(9-13(14)16)18-15(20)6-3-11-7-8-17-10-11/h4-5,9,11,17H,3,6-8,10H2,1-2H3,(H,18,20). The summed E-state index contributed by atoms with van der Waals surface area (Å²) in [6.07, 6.45) is 2.69. The molecule has 2 N–H and O–H groups in total. The van der Waals surface area contributed by atoms with E-state index >= 15 is 0 Å². The van der Waals surface area contributed by atoms with Gasteiger partial charge in [-0.1, -0.05) is 11.6 Å². The lowest BCUT2D eigenvalue weighted by Gasteiger charge is -2.15. The molecule has 0 bridgehead atoms. The average molecular weight is 296 g/mol. The molecule has 0 spiro atoms. The Hall–Kier alpha value is -1.26. The zero-order chi connectivity index (χ0) is 14.5. The molecule has 1 saturated heterocycles. The highest BCUT2D eigenvalue weighted by atomic mass is 35.5. The highest BCUT2D eigenvalue weighted by Crippen LogP contribution is 2.27. The first-order valence-corrected chi connectivity index (χ1v) is 7.41. The second-order valence-corrected chi connectivity index (χ2v) is 5.91. The van der Waals surface area contributed by atoms with E-state index in [-0.39, 0.29) is 5.91 Å². The summed E-state index contributed by atoms with van der Waals surface area (Å²) in [5.41, 5.74) is 1.71. The minimum absolute atomic E-state index is 0.0607. The molecule has 20 heavy (non-hydrogen) atoms. The molecule has 1 atom stereocenters. The number of amides is 1. The van der Waals surface area contributed by atoms with E-state index in [9.17, 15) is 4.79 Å². The molecule has 1 aromatic carbocycles. The first-order valence-electron chi connectivity index (χ1n) is 7.03. The Labute approximate surface area is 125 Å². The fourth-order valence-corrected chi connectivity index (χ4v) is 2.82. The van der Waals surface area contributed by atoms with Crippen molar-refractivity contribution in [2.45, 2.75) is 19.3 Å². The van der Waals surface area contributed by atoms with Crippen LogP contribution in [0.4, 0.5) is 11.4 Å². The topological polar surface area (TPSA) is 44.4 Å². The number of rotatable bonds is 5. The van der Waals surface area contributed by atoms with Gasteiger partial charge in [-0.05, 0) is 50.0 Å². The van der Waals surface area contributed by atoms with Gasteiger partial charge in [-0.3, -0.25) is 4.79 Å². The third-order valence-corrected chi connectivity index (χ3v) is 3.96. The van der Waals surface area contributed by atoms with Gasteiger partial charge in [0.15, 0.2) is 0 Å². The molecule has 1 aliphatic heterocycles. The Morgan fingerprint density at radius 2 is 2.30 bits per heavy atom. The molecule has 0 aromatic heterocycles. The zero-order valence-corrected chi connectivity index (χ0v) is 12.8. The van der Waals surface area contributed by atoms with Crippen molar-refractivity contribution in [1.82, 2.24) is 5.32 Å². The minimum Gasteiger partial charge on any atom is -0.376 e. The van der Waals surface area contributed by atoms with E-state index < -0.39 is 0 Å². The number of anilines is 2. The van der Waals surface area contributed by atoms with Gasteiger partial charge in [-0.25, -0.2) is 0 Å². The summed E-state index contributed by atoms with van der Waals surface area (Å²) in [6.45, 7) is 2.12. The van der Waals surface area contributed by atoms with Gasteiger partial charge in [0.1, 0.15) is 0 Å². The first kappa shape index (κ1) is 15.1. The Kier molecular flexibility index (Phi) is 5.26. The van der Waals surface area contributed by atoms with Crippen LogP contribution in [-0.4, -0.2) is 33.1 Å². The highest BCUT2D eigenvalue weighted by Gasteiger charge is 2.15. The van der Waals surface area contributed by atoms with Crippen LogP contribution in [0.2, 0.25) is 5.02 Å². The predicted molar refractivity (Wildman–Crippen MR) is 84.6 cm³/mol. The molecule has 0 aliphatic carbocycles. The van der Waals surface area contributed by atoms with Crippen molar-refractivity contribution in [3.8, 4) is 0 Å². The Bertz CT molecular complexity index is 470. The van der Waals surface area contributed by atoms with Crippen LogP contribution in [0.15, 0.2) is 18.2 Å². The summed E-state index contributed by atoms with van der Waals surface area (Å²) in [5.74, 6) is 0.700. The molecule has 1 heterocycles. The molecule has 4 nitrogen and oxygen atoms in total. The maximum atomic E-state index is 11.9. The van der Waals surface area contributed by atoms with Crippen molar-refractivity contribution in [3.63, 3.8) is 0 Å². The van der Waals surface area contributed by atoms with Crippen molar-refractivity contribution >= 4 is 28.9 Å². The third kappa shape index (κ3) is 4.12. The van der Waals surface area contributed by atoms with E-state index in [4.69, 9.17) is 11.6 Å². The number of carbonyl (C=O) groups is 1. The molecule has 2 rings (SSSR count). The number of carbonyl (C=O) groups excluding carboxylic acids is 1. The zero-order valence-electron chi connectivity index (χ0n) is 12.1. The molecule has 1 amide bonds. The number of benzene rings is 1. The molecule has 1 fully saturated rings. The molecule has 5 heteroatoms. The summed E-state index contributed by atoms with van der Waals surface area (Å²) < 4.78 is 0. The van der Waals surface area contributed by atoms with Crippen LogP contribution in [0.1, 0.15) is 19.3 Å². The fraction of sp³-hybridized carbons (Fsp3) is 0.533. The number of nitrogens with one attached hydrogen (secondary N) is 2. The van der Waals surface area contributed by atoms with Gasteiger partial charge in [-0.2, -0.15) is 0 Å². The van der Waals surface area contributed by atoms with Gasteiger partial charge in [0.2, 0.25) is 5.91 Å². The van der Waals surface area contributed by atoms with Crippen LogP contribution in [0.3, 0.4) is 0 Å². The largest absolute Gasteiger partial charge is 0.376 e. The van der Waals surface area contributed by atoms with Crippen LogP contribution in [0.25, 0.3) is 0 Å². The minimum atomic E-state index is 0.0607. The van der Waals surface area contributed by atoms with E-state index in [1.54, 1.807) is 6.07 Å². The van der Waals surface area contributed by atoms with Crippen LogP contribution in [0, 0.1) is 5.92 Å². The number of hydrogen-bond acceptors (Lipinski definition) is 3. The SMILES string of the molecule is CN(C)c1ccc(NC(=O)CCC2CCNC2)cc1Cl. The van der Waals surface area contributed by atoms with Crippen molar-refractivity contribution in [2.24, 2.45) is 5.92 Å². The fourth-order valence-electron chi connectivity index (χ4n) is 2.47. The molecular weight excluding hydrogens is 274 g/mol. The van der Waals surface area contributed by atoms with Gasteiger partial charge in [0, 0.05) is 26.2 Å². The smallest absolute Gasteiger partial charge is 0.224 e. The lowest BCUT2D eigenvalue weighted by molar-refractivity contribution is -0.116. The van der Waals surface area contributed by atoms with E-state index in [0.717, 1.165) is 30.9 Å². The summed E-state index contributed by atoms with van der Waals surface area (Å²) >= 11 is 6.19. The second kappa shape index (κ2) is 6.95. The van der Waals surface area contributed by atoms with Crippen LogP contribution in [-0.2, 0) is 4.79 Å². The normalized spacial score (nSPS) is 18.1. The van der Waals surface area contributed by atoms with E-state index in [0.29, 0.717) is 17.4 Å². The van der Waals surface area contributed by atoms with Crippen LogP contribution >= 0.6 is 11.6 Å². The number of nitrogens with zero attached hydrogens (tertiary/aromatic N) is 1. The van der Waals surface area contributed by atoms with E-state index in [1.807, 2.05) is 31.1 Å². The van der Waals surface area contributed by atoms with Crippen LogP contribution < -0.4 is 15.5 Å². The Morgan fingerprint density at radius 1 is 1.50 bits per heavy atom. The van der Waals surface area contributed by atoms with Gasteiger partial charge >= 0.3 is 0 Å². The van der Waals surface area contributed by atoms with Crippen molar-refractivity contribution in [1.29, 1.82) is 0 Å². The first-order chi connectivity index (χ1) is 9.56. The molecule has 1 aliphatic rings. The molecule has 110 valence electrons. The lowest BCUT2D eigenvalue weighted by Crippen LogP contribution is -2.15. The summed E-state index contributed by atoms with van der Waals surface area (Å²) in [6, 6.07) is 5.60. The maximum absolute atomic E-state index is 11.9. The summed E-state index contributed by atoms with van der Waals surface area (Å²) in [7, 11) is 3.88. The summed E-state index contributed by atoms with van der Waals surface area (Å²) in [5, 5.41) is 6.87. The van der Waals surface area contributed by atoms with Gasteiger partial charge in [0.05, 0.1) is 10.7 Å². The molecule has 1 unspecified atom stereocenters. The third-order valence-electron chi connectivity index (χ3n) is 3.66. The van der Waals surface area contributed by atoms with Crippen molar-refractivity contribution in [2.75, 3.05) is 37.4 Å². The second-order valence-electron chi connectivity index (χ2n) is 5.51. The summed E-state index contributed by atoms with van der Waals surface area (Å²) in [4.78, 5) is 13.9. The van der Waals surface area contributed by atoms with E-state index in [2.05, 4.69) is 10.6 Å². The van der Waals surface area contributed by atoms with Gasteiger partial charge in [-0.15, -0.1) is 0 Å². The van der Waals surface area contributed by atoms with Gasteiger partial charge < -0.3 is 15.5 Å². The molecular formula is C15H22ClN3O.